The molecule has 0 saturated carbocycles. The van der Waals surface area contributed by atoms with Crippen molar-refractivity contribution >= 4 is 23.2 Å². The van der Waals surface area contributed by atoms with E-state index in [9.17, 15) is 9.59 Å². The molecule has 2 aromatic rings. The maximum Gasteiger partial charge on any atom is 0.273 e. The number of hydrogen-bond acceptors (Lipinski definition) is 5. The summed E-state index contributed by atoms with van der Waals surface area (Å²) >= 11 is 1.43. The number of carbonyl (C=O) groups is 2. The van der Waals surface area contributed by atoms with Crippen molar-refractivity contribution in [2.24, 2.45) is 0 Å². The van der Waals surface area contributed by atoms with Crippen molar-refractivity contribution in [3.8, 4) is 0 Å². The molecule has 2 aliphatic rings. The molecular weight excluding hydrogens is 324 g/mol. The Morgan fingerprint density at radius 1 is 1.29 bits per heavy atom. The molecule has 0 unspecified atom stereocenters. The second-order valence-electron chi connectivity index (χ2n) is 6.47. The van der Waals surface area contributed by atoms with Gasteiger partial charge < -0.3 is 10.2 Å². The molecule has 0 aromatic carbocycles. The van der Waals surface area contributed by atoms with Gasteiger partial charge in [-0.1, -0.05) is 0 Å². The minimum atomic E-state index is -0.191. The molecule has 0 radical (unpaired) electrons. The van der Waals surface area contributed by atoms with E-state index in [0.717, 1.165) is 24.8 Å². The van der Waals surface area contributed by atoms with Crippen LogP contribution in [0.5, 0.6) is 0 Å². The number of aromatic nitrogens is 2. The van der Waals surface area contributed by atoms with Gasteiger partial charge in [-0.25, -0.2) is 4.98 Å². The monoisotopic (exact) mass is 342 g/mol. The fraction of sp³-hybridized carbons (Fsp3) is 0.412. The minimum absolute atomic E-state index is 0.0129. The molecule has 4 rings (SSSR count). The Morgan fingerprint density at radius 3 is 2.71 bits per heavy atom. The summed E-state index contributed by atoms with van der Waals surface area (Å²) < 4.78 is 0. The first kappa shape index (κ1) is 15.3. The van der Waals surface area contributed by atoms with Crippen LogP contribution >= 0.6 is 11.3 Å². The van der Waals surface area contributed by atoms with Gasteiger partial charge in [-0.15, -0.1) is 11.3 Å². The number of hydrogen-bond donors (Lipinski definition) is 1. The first-order chi connectivity index (χ1) is 11.7. The molecule has 124 valence electrons. The summed E-state index contributed by atoms with van der Waals surface area (Å²) in [4.78, 5) is 34.8. The smallest absolute Gasteiger partial charge is 0.273 e. The zero-order valence-electron chi connectivity index (χ0n) is 13.1. The number of pyridine rings is 1. The second kappa shape index (κ2) is 5.98. The van der Waals surface area contributed by atoms with Crippen LogP contribution in [0, 0.1) is 0 Å². The van der Waals surface area contributed by atoms with Gasteiger partial charge in [0.2, 0.25) is 5.91 Å². The highest BCUT2D eigenvalue weighted by Gasteiger charge is 2.46. The van der Waals surface area contributed by atoms with Gasteiger partial charge in [-0.2, -0.15) is 0 Å². The van der Waals surface area contributed by atoms with E-state index in [0.29, 0.717) is 18.8 Å². The Morgan fingerprint density at radius 2 is 2.04 bits per heavy atom. The SMILES string of the molecule is O=C1NC2(CCN(C(=O)c3cscn3)CC2)C[C@H]1c1ccncc1. The predicted octanol–water partition coefficient (Wildman–Crippen LogP) is 1.82. The summed E-state index contributed by atoms with van der Waals surface area (Å²) in [6.45, 7) is 1.30. The zero-order chi connectivity index (χ0) is 16.6. The molecule has 2 saturated heterocycles. The molecule has 6 nitrogen and oxygen atoms in total. The van der Waals surface area contributed by atoms with E-state index in [1.54, 1.807) is 23.3 Å². The van der Waals surface area contributed by atoms with E-state index in [1.165, 1.54) is 11.3 Å². The molecule has 2 aromatic heterocycles. The summed E-state index contributed by atoms with van der Waals surface area (Å²) in [7, 11) is 0. The third-order valence-corrected chi connectivity index (χ3v) is 5.65. The number of rotatable bonds is 2. The van der Waals surface area contributed by atoms with Crippen LogP contribution in [-0.2, 0) is 4.79 Å². The van der Waals surface area contributed by atoms with Crippen LogP contribution in [0.3, 0.4) is 0 Å². The molecule has 1 N–H and O–H groups in total. The molecule has 2 aliphatic heterocycles. The van der Waals surface area contributed by atoms with E-state index in [4.69, 9.17) is 0 Å². The minimum Gasteiger partial charge on any atom is -0.350 e. The van der Waals surface area contributed by atoms with Gasteiger partial charge in [-0.3, -0.25) is 14.6 Å². The standard InChI is InChI=1S/C17H18N4O2S/c22-15-13(12-1-5-18-6-2-12)9-17(20-15)3-7-21(8-4-17)16(23)14-10-24-11-19-14/h1-2,5-6,10-11,13H,3-4,7-9H2,(H,20,22)/t13-/m0/s1. The Bertz CT molecular complexity index is 739. The lowest BCUT2D eigenvalue weighted by Gasteiger charge is -2.39. The summed E-state index contributed by atoms with van der Waals surface area (Å²) in [5.74, 6) is -0.0459. The van der Waals surface area contributed by atoms with Crippen LogP contribution in [0.1, 0.15) is 41.2 Å². The molecule has 0 bridgehead atoms. The van der Waals surface area contributed by atoms with Gasteiger partial charge in [0, 0.05) is 36.4 Å². The topological polar surface area (TPSA) is 75.2 Å². The fourth-order valence-electron chi connectivity index (χ4n) is 3.70. The maximum absolute atomic E-state index is 12.4. The average molecular weight is 342 g/mol. The summed E-state index contributed by atoms with van der Waals surface area (Å²) in [6.07, 6.45) is 5.81. The number of thiazole rings is 1. The fourth-order valence-corrected chi connectivity index (χ4v) is 4.22. The van der Waals surface area contributed by atoms with Crippen LogP contribution < -0.4 is 5.32 Å². The highest BCUT2D eigenvalue weighted by molar-refractivity contribution is 7.07. The van der Waals surface area contributed by atoms with Gasteiger partial charge in [0.15, 0.2) is 0 Å². The van der Waals surface area contributed by atoms with E-state index in [-0.39, 0.29) is 23.3 Å². The molecule has 1 spiro atoms. The molecule has 2 amide bonds. The van der Waals surface area contributed by atoms with Crippen LogP contribution in [0.15, 0.2) is 35.4 Å². The number of nitrogens with one attached hydrogen (secondary N) is 1. The molecule has 2 fully saturated rings. The Hall–Kier alpha value is -2.28. The molecule has 24 heavy (non-hydrogen) atoms. The van der Waals surface area contributed by atoms with Crippen LogP contribution in [0.4, 0.5) is 0 Å². The third kappa shape index (κ3) is 2.69. The Balaban J connectivity index is 1.44. The van der Waals surface area contributed by atoms with Crippen molar-refractivity contribution in [2.45, 2.75) is 30.7 Å². The highest BCUT2D eigenvalue weighted by atomic mass is 32.1. The van der Waals surface area contributed by atoms with E-state index < -0.39 is 0 Å². The first-order valence-electron chi connectivity index (χ1n) is 8.06. The number of nitrogens with zero attached hydrogens (tertiary/aromatic N) is 3. The van der Waals surface area contributed by atoms with E-state index >= 15 is 0 Å². The van der Waals surface area contributed by atoms with Crippen LogP contribution in [0.2, 0.25) is 0 Å². The van der Waals surface area contributed by atoms with Gasteiger partial charge in [0.05, 0.1) is 11.4 Å². The van der Waals surface area contributed by atoms with Crippen molar-refractivity contribution in [1.29, 1.82) is 0 Å². The van der Waals surface area contributed by atoms with Gasteiger partial charge in [0.1, 0.15) is 5.69 Å². The lowest BCUT2D eigenvalue weighted by atomic mass is 9.82. The van der Waals surface area contributed by atoms with E-state index in [1.807, 2.05) is 17.0 Å². The van der Waals surface area contributed by atoms with Crippen LogP contribution in [0.25, 0.3) is 0 Å². The lowest BCUT2D eigenvalue weighted by Crippen LogP contribution is -2.52. The largest absolute Gasteiger partial charge is 0.350 e. The quantitative estimate of drug-likeness (QED) is 0.903. The summed E-state index contributed by atoms with van der Waals surface area (Å²) in [5.41, 5.74) is 3.01. The number of likely N-dealkylation sites (tertiary alicyclic amines) is 1. The molecule has 4 heterocycles. The third-order valence-electron chi connectivity index (χ3n) is 5.07. The average Bonchev–Trinajstić information content (AvgIpc) is 3.25. The molecule has 7 heteroatoms. The molecule has 1 atom stereocenters. The van der Waals surface area contributed by atoms with Gasteiger partial charge in [0.25, 0.3) is 5.91 Å². The molecular formula is C17H18N4O2S. The number of amides is 2. The predicted molar refractivity (Wildman–Crippen MR) is 89.7 cm³/mol. The highest BCUT2D eigenvalue weighted by Crippen LogP contribution is 2.39. The van der Waals surface area contributed by atoms with Crippen molar-refractivity contribution in [3.63, 3.8) is 0 Å². The summed E-state index contributed by atoms with van der Waals surface area (Å²) in [6, 6.07) is 3.81. The zero-order valence-corrected chi connectivity index (χ0v) is 14.0. The van der Waals surface area contributed by atoms with Crippen molar-refractivity contribution in [2.75, 3.05) is 13.1 Å². The maximum atomic E-state index is 12.4. The van der Waals surface area contributed by atoms with Crippen molar-refractivity contribution in [3.05, 3.63) is 46.7 Å². The summed E-state index contributed by atoms with van der Waals surface area (Å²) in [5, 5.41) is 4.98. The van der Waals surface area contributed by atoms with Gasteiger partial charge in [-0.05, 0) is 37.0 Å². The lowest BCUT2D eigenvalue weighted by molar-refractivity contribution is -0.121. The van der Waals surface area contributed by atoms with Crippen LogP contribution in [-0.4, -0.2) is 45.3 Å². The number of piperidine rings is 1. The first-order valence-corrected chi connectivity index (χ1v) is 9.01. The van der Waals surface area contributed by atoms with Gasteiger partial charge >= 0.3 is 0 Å². The normalized spacial score (nSPS) is 22.6. The van der Waals surface area contributed by atoms with Crippen molar-refractivity contribution < 1.29 is 9.59 Å². The number of carbonyl (C=O) groups excluding carboxylic acids is 2. The Kier molecular flexibility index (Phi) is 3.80. The second-order valence-corrected chi connectivity index (χ2v) is 7.19. The van der Waals surface area contributed by atoms with Crippen molar-refractivity contribution in [1.82, 2.24) is 20.2 Å². The van der Waals surface area contributed by atoms with E-state index in [2.05, 4.69) is 15.3 Å². The molecule has 0 aliphatic carbocycles. The Labute approximate surface area is 143 Å².